The van der Waals surface area contributed by atoms with E-state index in [9.17, 15) is 9.18 Å². The van der Waals surface area contributed by atoms with Crippen LogP contribution in [0, 0.1) is 5.82 Å². The topological polar surface area (TPSA) is 67.0 Å². The molecule has 0 spiro atoms. The average Bonchev–Trinajstić information content (AvgIpc) is 3.34. The van der Waals surface area contributed by atoms with Crippen LogP contribution in [0.25, 0.3) is 11.3 Å². The van der Waals surface area contributed by atoms with E-state index in [4.69, 9.17) is 4.74 Å². The lowest BCUT2D eigenvalue weighted by molar-refractivity contribution is -0.122. The lowest BCUT2D eigenvalue weighted by Gasteiger charge is -2.17. The Morgan fingerprint density at radius 1 is 0.970 bits per heavy atom. The quantitative estimate of drug-likeness (QED) is 0.319. The molecule has 6 heteroatoms. The molecule has 3 aromatic carbocycles. The molecular weight excluding hydrogens is 417 g/mol. The third kappa shape index (κ3) is 6.53. The van der Waals surface area contributed by atoms with E-state index in [1.54, 1.807) is 18.3 Å². The number of nitrogens with zero attached hydrogens (tertiary/aromatic N) is 1. The lowest BCUT2D eigenvalue weighted by Crippen LogP contribution is -2.30. The lowest BCUT2D eigenvalue weighted by atomic mass is 10.1. The van der Waals surface area contributed by atoms with E-state index < -0.39 is 0 Å². The standard InChI is InChI=1S/C27H26FN3O2/c28-22-15-13-21(14-16-22)25-19-29-27(31-25)24(18-20-8-3-1-4-9-20)30-26(32)12-7-17-33-23-10-5-2-6-11-23/h1-6,8-11,13-16,19,24H,7,12,17-18H2,(H,29,31)(H,30,32)/t24-/m0/s1. The number of para-hydroxylation sites is 1. The minimum atomic E-state index is -0.316. The number of carbonyl (C=O) groups excluding carboxylic acids is 1. The summed E-state index contributed by atoms with van der Waals surface area (Å²) in [7, 11) is 0. The van der Waals surface area contributed by atoms with Gasteiger partial charge in [-0.05, 0) is 60.4 Å². The first-order valence-electron chi connectivity index (χ1n) is 11.0. The molecule has 1 aromatic heterocycles. The number of nitrogens with one attached hydrogen (secondary N) is 2. The van der Waals surface area contributed by atoms with Crippen molar-refractivity contribution in [3.05, 3.63) is 108 Å². The first-order valence-corrected chi connectivity index (χ1v) is 11.0. The predicted octanol–water partition coefficient (Wildman–Crippen LogP) is 5.48. The van der Waals surface area contributed by atoms with Crippen LogP contribution in [0.3, 0.4) is 0 Å². The van der Waals surface area contributed by atoms with E-state index in [0.717, 1.165) is 22.6 Å². The van der Waals surface area contributed by atoms with Crippen LogP contribution < -0.4 is 10.1 Å². The molecule has 0 saturated carbocycles. The number of hydrogen-bond donors (Lipinski definition) is 2. The Bertz CT molecular complexity index is 1140. The second kappa shape index (κ2) is 11.1. The summed E-state index contributed by atoms with van der Waals surface area (Å²) >= 11 is 0. The van der Waals surface area contributed by atoms with Gasteiger partial charge in [0.05, 0.1) is 24.5 Å². The van der Waals surface area contributed by atoms with Gasteiger partial charge >= 0.3 is 0 Å². The summed E-state index contributed by atoms with van der Waals surface area (Å²) in [5.41, 5.74) is 2.70. The molecule has 0 bridgehead atoms. The zero-order valence-corrected chi connectivity index (χ0v) is 18.2. The van der Waals surface area contributed by atoms with Crippen molar-refractivity contribution in [3.63, 3.8) is 0 Å². The number of imidazole rings is 1. The second-order valence-electron chi connectivity index (χ2n) is 7.76. The van der Waals surface area contributed by atoms with Crippen molar-refractivity contribution in [1.82, 2.24) is 15.3 Å². The number of ether oxygens (including phenoxy) is 1. The largest absolute Gasteiger partial charge is 0.494 e. The fourth-order valence-electron chi connectivity index (χ4n) is 3.56. The van der Waals surface area contributed by atoms with Gasteiger partial charge in [-0.15, -0.1) is 0 Å². The number of benzene rings is 3. The molecule has 4 aromatic rings. The van der Waals surface area contributed by atoms with E-state index in [1.807, 2.05) is 60.7 Å². The first-order chi connectivity index (χ1) is 16.2. The zero-order chi connectivity index (χ0) is 22.9. The zero-order valence-electron chi connectivity index (χ0n) is 18.2. The average molecular weight is 444 g/mol. The fourth-order valence-corrected chi connectivity index (χ4v) is 3.56. The molecule has 1 amide bonds. The van der Waals surface area contributed by atoms with E-state index in [0.29, 0.717) is 31.7 Å². The minimum Gasteiger partial charge on any atom is -0.494 e. The molecule has 168 valence electrons. The van der Waals surface area contributed by atoms with Crippen molar-refractivity contribution in [3.8, 4) is 17.0 Å². The number of halogens is 1. The summed E-state index contributed by atoms with van der Waals surface area (Å²) in [6.07, 6.45) is 3.27. The van der Waals surface area contributed by atoms with Crippen LogP contribution in [-0.4, -0.2) is 22.5 Å². The van der Waals surface area contributed by atoms with Gasteiger partial charge in [0.25, 0.3) is 0 Å². The van der Waals surface area contributed by atoms with Gasteiger partial charge in [-0.25, -0.2) is 9.37 Å². The number of carbonyl (C=O) groups is 1. The van der Waals surface area contributed by atoms with Gasteiger partial charge in [0.2, 0.25) is 5.91 Å². The number of H-pyrrole nitrogens is 1. The Labute approximate surface area is 192 Å². The maximum atomic E-state index is 13.3. The number of amides is 1. The van der Waals surface area contributed by atoms with Gasteiger partial charge in [-0.3, -0.25) is 4.79 Å². The molecule has 2 N–H and O–H groups in total. The van der Waals surface area contributed by atoms with E-state index in [2.05, 4.69) is 15.3 Å². The van der Waals surface area contributed by atoms with Crippen LogP contribution in [0.2, 0.25) is 0 Å². The number of aromatic amines is 1. The molecule has 0 radical (unpaired) electrons. The smallest absolute Gasteiger partial charge is 0.220 e. The Balaban J connectivity index is 1.40. The van der Waals surface area contributed by atoms with Crippen LogP contribution in [0.1, 0.15) is 30.3 Å². The molecule has 1 heterocycles. The Morgan fingerprint density at radius 3 is 2.39 bits per heavy atom. The Morgan fingerprint density at radius 2 is 1.67 bits per heavy atom. The van der Waals surface area contributed by atoms with Crippen molar-refractivity contribution < 1.29 is 13.9 Å². The highest BCUT2D eigenvalue weighted by Crippen LogP contribution is 2.22. The molecule has 33 heavy (non-hydrogen) atoms. The molecule has 0 aliphatic heterocycles. The van der Waals surface area contributed by atoms with Gasteiger partial charge in [0.1, 0.15) is 17.4 Å². The normalized spacial score (nSPS) is 11.7. The maximum Gasteiger partial charge on any atom is 0.220 e. The molecule has 1 atom stereocenters. The van der Waals surface area contributed by atoms with Crippen molar-refractivity contribution in [1.29, 1.82) is 0 Å². The first kappa shape index (κ1) is 22.3. The highest BCUT2D eigenvalue weighted by molar-refractivity contribution is 5.76. The summed E-state index contributed by atoms with van der Waals surface area (Å²) < 4.78 is 18.9. The third-order valence-electron chi connectivity index (χ3n) is 5.26. The number of hydrogen-bond acceptors (Lipinski definition) is 3. The van der Waals surface area contributed by atoms with Crippen molar-refractivity contribution in [2.45, 2.75) is 25.3 Å². The van der Waals surface area contributed by atoms with Crippen LogP contribution in [-0.2, 0) is 11.2 Å². The SMILES string of the molecule is O=C(CCCOc1ccccc1)N[C@@H](Cc1ccccc1)c1ncc(-c2ccc(F)cc2)[nH]1. The predicted molar refractivity (Wildman–Crippen MR) is 126 cm³/mol. The van der Waals surface area contributed by atoms with Crippen molar-refractivity contribution >= 4 is 5.91 Å². The van der Waals surface area contributed by atoms with Gasteiger partial charge in [0.15, 0.2) is 0 Å². The summed E-state index contributed by atoms with van der Waals surface area (Å²) in [4.78, 5) is 20.5. The summed E-state index contributed by atoms with van der Waals surface area (Å²) in [5.74, 6) is 1.10. The molecular formula is C27H26FN3O2. The molecule has 5 nitrogen and oxygen atoms in total. The van der Waals surface area contributed by atoms with Crippen LogP contribution in [0.5, 0.6) is 5.75 Å². The number of rotatable bonds is 10. The van der Waals surface area contributed by atoms with Crippen LogP contribution in [0.4, 0.5) is 4.39 Å². The molecule has 0 aliphatic carbocycles. The van der Waals surface area contributed by atoms with Gasteiger partial charge in [-0.2, -0.15) is 0 Å². The van der Waals surface area contributed by atoms with Crippen LogP contribution in [0.15, 0.2) is 91.1 Å². The van der Waals surface area contributed by atoms with Crippen molar-refractivity contribution in [2.24, 2.45) is 0 Å². The van der Waals surface area contributed by atoms with E-state index in [1.165, 1.54) is 12.1 Å². The Kier molecular flexibility index (Phi) is 7.48. The summed E-state index contributed by atoms with van der Waals surface area (Å²) in [5, 5.41) is 3.11. The molecule has 0 aliphatic rings. The van der Waals surface area contributed by atoms with Gasteiger partial charge in [0, 0.05) is 6.42 Å². The number of aromatic nitrogens is 2. The summed E-state index contributed by atoms with van der Waals surface area (Å²) in [6, 6.07) is 25.4. The van der Waals surface area contributed by atoms with Crippen molar-refractivity contribution in [2.75, 3.05) is 6.61 Å². The maximum absolute atomic E-state index is 13.3. The van der Waals surface area contributed by atoms with E-state index in [-0.39, 0.29) is 17.8 Å². The molecule has 0 fully saturated rings. The monoisotopic (exact) mass is 443 g/mol. The highest BCUT2D eigenvalue weighted by Gasteiger charge is 2.19. The van der Waals surface area contributed by atoms with E-state index >= 15 is 0 Å². The highest BCUT2D eigenvalue weighted by atomic mass is 19.1. The molecule has 0 saturated heterocycles. The third-order valence-corrected chi connectivity index (χ3v) is 5.26. The summed E-state index contributed by atoms with van der Waals surface area (Å²) in [6.45, 7) is 0.469. The fraction of sp³-hybridized carbons (Fsp3) is 0.185. The van der Waals surface area contributed by atoms with Gasteiger partial charge < -0.3 is 15.0 Å². The molecule has 0 unspecified atom stereocenters. The molecule has 4 rings (SSSR count). The minimum absolute atomic E-state index is 0.0627. The second-order valence-corrected chi connectivity index (χ2v) is 7.76. The van der Waals surface area contributed by atoms with Crippen LogP contribution >= 0.6 is 0 Å². The van der Waals surface area contributed by atoms with Gasteiger partial charge in [-0.1, -0.05) is 48.5 Å². The Hall–Kier alpha value is -3.93.